The van der Waals surface area contributed by atoms with Crippen molar-refractivity contribution in [3.63, 3.8) is 0 Å². The van der Waals surface area contributed by atoms with Gasteiger partial charge in [-0.2, -0.15) is 0 Å². The molecule has 70 valence electrons. The van der Waals surface area contributed by atoms with Gasteiger partial charge in [0.15, 0.2) is 0 Å². The van der Waals surface area contributed by atoms with Gasteiger partial charge >= 0.3 is 0 Å². The number of rotatable bonds is 1. The Morgan fingerprint density at radius 1 is 1.38 bits per heavy atom. The fourth-order valence-electron chi connectivity index (χ4n) is 1.70. The third kappa shape index (κ3) is 2.20. The molecule has 0 aromatic carbocycles. The fraction of sp³-hybridized carbons (Fsp3) is 0.500. The summed E-state index contributed by atoms with van der Waals surface area (Å²) in [6, 6.07) is 4.00. The number of ether oxygens (including phenoxy) is 1. The highest BCUT2D eigenvalue weighted by Gasteiger charge is 2.15. The van der Waals surface area contributed by atoms with Gasteiger partial charge in [-0.3, -0.25) is 0 Å². The quantitative estimate of drug-likeness (QED) is 0.646. The van der Waals surface area contributed by atoms with Crippen molar-refractivity contribution < 1.29 is 4.74 Å². The highest BCUT2D eigenvalue weighted by molar-refractivity contribution is 6.29. The molecule has 0 unspecified atom stereocenters. The van der Waals surface area contributed by atoms with Crippen molar-refractivity contribution in [3.8, 4) is 0 Å². The molecular weight excluding hydrogens is 186 g/mol. The summed E-state index contributed by atoms with van der Waals surface area (Å²) in [5.41, 5.74) is 1.29. The molecule has 1 aliphatic rings. The molecule has 2 nitrogen and oxygen atoms in total. The van der Waals surface area contributed by atoms with Crippen molar-refractivity contribution in [1.29, 1.82) is 0 Å². The predicted octanol–water partition coefficient (Wildman–Crippen LogP) is 2.63. The molecule has 0 N–H and O–H groups in total. The first-order valence-corrected chi connectivity index (χ1v) is 4.93. The van der Waals surface area contributed by atoms with Crippen LogP contribution in [0.15, 0.2) is 18.3 Å². The minimum absolute atomic E-state index is 0.587. The Bertz CT molecular complexity index is 284. The molecule has 1 aromatic heterocycles. The zero-order chi connectivity index (χ0) is 9.10. The second kappa shape index (κ2) is 4.07. The highest BCUT2D eigenvalue weighted by Crippen LogP contribution is 2.27. The molecule has 2 rings (SSSR count). The van der Waals surface area contributed by atoms with Crippen molar-refractivity contribution in [2.75, 3.05) is 13.2 Å². The third-order valence-corrected chi connectivity index (χ3v) is 2.65. The van der Waals surface area contributed by atoms with Gasteiger partial charge in [0.05, 0.1) is 0 Å². The van der Waals surface area contributed by atoms with Crippen LogP contribution in [0.25, 0.3) is 0 Å². The number of nitrogens with zero attached hydrogens (tertiary/aromatic N) is 1. The smallest absolute Gasteiger partial charge is 0.129 e. The highest BCUT2D eigenvalue weighted by atomic mass is 35.5. The lowest BCUT2D eigenvalue weighted by Crippen LogP contribution is -2.14. The van der Waals surface area contributed by atoms with Crippen molar-refractivity contribution in [2.45, 2.75) is 18.8 Å². The largest absolute Gasteiger partial charge is 0.381 e. The Kier molecular flexibility index (Phi) is 2.81. The lowest BCUT2D eigenvalue weighted by atomic mass is 9.93. The molecule has 1 fully saturated rings. The van der Waals surface area contributed by atoms with Crippen LogP contribution in [0.3, 0.4) is 0 Å². The zero-order valence-electron chi connectivity index (χ0n) is 7.37. The molecule has 0 atom stereocenters. The molecule has 0 amide bonds. The van der Waals surface area contributed by atoms with Gasteiger partial charge in [0, 0.05) is 19.4 Å². The molecule has 0 saturated carbocycles. The van der Waals surface area contributed by atoms with E-state index in [1.54, 1.807) is 6.20 Å². The Morgan fingerprint density at radius 3 is 2.85 bits per heavy atom. The Hall–Kier alpha value is -0.600. The predicted molar refractivity (Wildman–Crippen MR) is 52.0 cm³/mol. The van der Waals surface area contributed by atoms with Gasteiger partial charge in [-0.15, -0.1) is 0 Å². The number of halogens is 1. The molecule has 1 aliphatic heterocycles. The van der Waals surface area contributed by atoms with Crippen molar-refractivity contribution in [1.82, 2.24) is 4.98 Å². The van der Waals surface area contributed by atoms with E-state index in [0.717, 1.165) is 26.1 Å². The molecule has 0 aliphatic carbocycles. The number of pyridine rings is 1. The van der Waals surface area contributed by atoms with Crippen LogP contribution in [0.1, 0.15) is 24.3 Å². The van der Waals surface area contributed by atoms with E-state index in [2.05, 4.69) is 4.98 Å². The van der Waals surface area contributed by atoms with Crippen molar-refractivity contribution in [2.24, 2.45) is 0 Å². The van der Waals surface area contributed by atoms with E-state index in [4.69, 9.17) is 16.3 Å². The summed E-state index contributed by atoms with van der Waals surface area (Å²) in [7, 11) is 0. The topological polar surface area (TPSA) is 22.1 Å². The van der Waals surface area contributed by atoms with Gasteiger partial charge in [0.2, 0.25) is 0 Å². The van der Waals surface area contributed by atoms with Crippen molar-refractivity contribution in [3.05, 3.63) is 29.0 Å². The van der Waals surface area contributed by atoms with Crippen LogP contribution in [0.2, 0.25) is 5.15 Å². The number of aromatic nitrogens is 1. The van der Waals surface area contributed by atoms with E-state index < -0.39 is 0 Å². The van der Waals surface area contributed by atoms with E-state index in [-0.39, 0.29) is 0 Å². The zero-order valence-corrected chi connectivity index (χ0v) is 8.13. The SMILES string of the molecule is Clc1cc(C2CCOCC2)ccn1. The van der Waals surface area contributed by atoms with Gasteiger partial charge in [0.1, 0.15) is 5.15 Å². The van der Waals surface area contributed by atoms with Crippen LogP contribution in [0.5, 0.6) is 0 Å². The van der Waals surface area contributed by atoms with Crippen molar-refractivity contribution >= 4 is 11.6 Å². The Balaban J connectivity index is 2.14. The third-order valence-electron chi connectivity index (χ3n) is 2.44. The standard InChI is InChI=1S/C10H12ClNO/c11-10-7-9(1-4-12-10)8-2-5-13-6-3-8/h1,4,7-8H,2-3,5-6H2. The first-order valence-electron chi connectivity index (χ1n) is 4.55. The van der Waals surface area contributed by atoms with Gasteiger partial charge in [-0.25, -0.2) is 4.98 Å². The van der Waals surface area contributed by atoms with E-state index in [0.29, 0.717) is 11.1 Å². The van der Waals surface area contributed by atoms with Crippen LogP contribution in [0, 0.1) is 0 Å². The summed E-state index contributed by atoms with van der Waals surface area (Å²) < 4.78 is 5.30. The van der Waals surface area contributed by atoms with Gasteiger partial charge in [-0.1, -0.05) is 11.6 Å². The van der Waals surface area contributed by atoms with Crippen LogP contribution >= 0.6 is 11.6 Å². The maximum Gasteiger partial charge on any atom is 0.129 e. The molecule has 0 radical (unpaired) electrons. The minimum Gasteiger partial charge on any atom is -0.381 e. The Morgan fingerprint density at radius 2 is 2.15 bits per heavy atom. The minimum atomic E-state index is 0.587. The molecule has 13 heavy (non-hydrogen) atoms. The Labute approximate surface area is 82.9 Å². The van der Waals surface area contributed by atoms with Crippen LogP contribution in [0.4, 0.5) is 0 Å². The van der Waals surface area contributed by atoms with E-state index in [9.17, 15) is 0 Å². The van der Waals surface area contributed by atoms with Gasteiger partial charge in [0.25, 0.3) is 0 Å². The summed E-state index contributed by atoms with van der Waals surface area (Å²) >= 11 is 5.82. The lowest BCUT2D eigenvalue weighted by Gasteiger charge is -2.22. The fourth-order valence-corrected chi connectivity index (χ4v) is 1.88. The molecular formula is C10H12ClNO. The molecule has 3 heteroatoms. The average Bonchev–Trinajstić information content (AvgIpc) is 2.19. The molecule has 0 bridgehead atoms. The molecule has 2 heterocycles. The average molecular weight is 198 g/mol. The summed E-state index contributed by atoms with van der Waals surface area (Å²) in [4.78, 5) is 3.97. The maximum absolute atomic E-state index is 5.82. The summed E-state index contributed by atoms with van der Waals surface area (Å²) in [5, 5.41) is 0.587. The van der Waals surface area contributed by atoms with Gasteiger partial charge in [-0.05, 0) is 36.5 Å². The second-order valence-electron chi connectivity index (χ2n) is 3.30. The van der Waals surface area contributed by atoms with E-state index in [1.807, 2.05) is 12.1 Å². The second-order valence-corrected chi connectivity index (χ2v) is 3.69. The van der Waals surface area contributed by atoms with Crippen LogP contribution in [-0.4, -0.2) is 18.2 Å². The molecule has 1 saturated heterocycles. The van der Waals surface area contributed by atoms with Crippen LogP contribution in [-0.2, 0) is 4.74 Å². The van der Waals surface area contributed by atoms with Crippen LogP contribution < -0.4 is 0 Å². The summed E-state index contributed by atoms with van der Waals surface area (Å²) in [5.74, 6) is 0.606. The van der Waals surface area contributed by atoms with E-state index in [1.165, 1.54) is 5.56 Å². The van der Waals surface area contributed by atoms with E-state index >= 15 is 0 Å². The maximum atomic E-state index is 5.82. The monoisotopic (exact) mass is 197 g/mol. The summed E-state index contributed by atoms with van der Waals surface area (Å²) in [6.45, 7) is 1.73. The molecule has 0 spiro atoms. The number of hydrogen-bond acceptors (Lipinski definition) is 2. The van der Waals surface area contributed by atoms with Gasteiger partial charge < -0.3 is 4.74 Å². The number of hydrogen-bond donors (Lipinski definition) is 0. The summed E-state index contributed by atoms with van der Waals surface area (Å²) in [6.07, 6.45) is 3.97. The lowest BCUT2D eigenvalue weighted by molar-refractivity contribution is 0.0853. The first-order chi connectivity index (χ1) is 6.36. The normalized spacial score (nSPS) is 18.8. The molecule has 1 aromatic rings. The first kappa shape index (κ1) is 8.97.